The molecular weight excluding hydrogens is 458 g/mol. The lowest BCUT2D eigenvalue weighted by Gasteiger charge is -2.33. The Hall–Kier alpha value is -3.64. The lowest BCUT2D eigenvalue weighted by atomic mass is 9.73. The Morgan fingerprint density at radius 3 is 2.11 bits per heavy atom. The molecule has 0 unspecified atom stereocenters. The average molecular weight is 484 g/mol. The maximum atomic E-state index is 13.9. The van der Waals surface area contributed by atoms with Crippen molar-refractivity contribution in [3.63, 3.8) is 0 Å². The third-order valence-electron chi connectivity index (χ3n) is 6.45. The molecule has 1 aliphatic carbocycles. The minimum atomic E-state index is -0.786. The molecule has 0 N–H and O–H groups in total. The number of amides is 2. The van der Waals surface area contributed by atoms with Gasteiger partial charge in [0.2, 0.25) is 11.8 Å². The highest BCUT2D eigenvalue weighted by Gasteiger charge is 2.58. The minimum absolute atomic E-state index is 0.141. The van der Waals surface area contributed by atoms with Gasteiger partial charge in [0.05, 0.1) is 24.1 Å². The van der Waals surface area contributed by atoms with Gasteiger partial charge in [0.25, 0.3) is 0 Å². The summed E-state index contributed by atoms with van der Waals surface area (Å²) in [4.78, 5) is 44.3. The number of thioether (sulfide) groups is 1. The second-order valence-corrected chi connectivity index (χ2v) is 9.64. The first kappa shape index (κ1) is 23.1. The summed E-state index contributed by atoms with van der Waals surface area (Å²) in [6, 6.07) is 27.6. The van der Waals surface area contributed by atoms with E-state index >= 15 is 0 Å². The summed E-state index contributed by atoms with van der Waals surface area (Å²) >= 11 is 1.45. The standard InChI is InChI=1S/C29H25NO4S/c1-2-34-23-18-22(26(31)19-12-6-3-7-13-19)24-25(27(23)35-21-16-10-5-11-17-21)29(33)30(28(24)32)20-14-8-4-9-15-20/h3-17,22,24-25H,2,18H2,1H3/t22-,24-,25-/m0/s1. The molecule has 1 aliphatic heterocycles. The van der Waals surface area contributed by atoms with Crippen LogP contribution in [-0.4, -0.2) is 24.2 Å². The van der Waals surface area contributed by atoms with Crippen molar-refractivity contribution < 1.29 is 19.1 Å². The van der Waals surface area contributed by atoms with Gasteiger partial charge < -0.3 is 4.74 Å². The van der Waals surface area contributed by atoms with Crippen molar-refractivity contribution in [1.29, 1.82) is 0 Å². The number of rotatable bonds is 7. The molecule has 5 nitrogen and oxygen atoms in total. The van der Waals surface area contributed by atoms with E-state index in [0.29, 0.717) is 23.6 Å². The molecule has 2 amide bonds. The molecule has 0 aromatic heterocycles. The van der Waals surface area contributed by atoms with Gasteiger partial charge in [-0.3, -0.25) is 14.4 Å². The average Bonchev–Trinajstić information content (AvgIpc) is 3.16. The van der Waals surface area contributed by atoms with Crippen LogP contribution >= 0.6 is 11.8 Å². The molecule has 3 aromatic rings. The third kappa shape index (κ3) is 4.30. The van der Waals surface area contributed by atoms with Crippen molar-refractivity contribution >= 4 is 35.0 Å². The van der Waals surface area contributed by atoms with Crippen LogP contribution in [0.25, 0.3) is 0 Å². The molecule has 1 fully saturated rings. The summed E-state index contributed by atoms with van der Waals surface area (Å²) in [6.07, 6.45) is 0.277. The number of para-hydroxylation sites is 1. The molecule has 1 saturated heterocycles. The van der Waals surface area contributed by atoms with Gasteiger partial charge in [0, 0.05) is 27.7 Å². The van der Waals surface area contributed by atoms with Crippen LogP contribution in [0.4, 0.5) is 5.69 Å². The van der Waals surface area contributed by atoms with Gasteiger partial charge in [0.1, 0.15) is 5.76 Å². The minimum Gasteiger partial charge on any atom is -0.497 e. The smallest absolute Gasteiger partial charge is 0.242 e. The molecule has 176 valence electrons. The normalized spacial score (nSPS) is 21.7. The quantitative estimate of drug-likeness (QED) is 0.317. The number of Topliss-reactive ketones (excluding diaryl/α,β-unsaturated/α-hetero) is 1. The van der Waals surface area contributed by atoms with E-state index in [1.807, 2.05) is 49.4 Å². The van der Waals surface area contributed by atoms with Crippen molar-refractivity contribution in [2.24, 2.45) is 17.8 Å². The third-order valence-corrected chi connectivity index (χ3v) is 7.66. The van der Waals surface area contributed by atoms with E-state index in [0.717, 1.165) is 9.80 Å². The highest BCUT2D eigenvalue weighted by molar-refractivity contribution is 8.03. The number of hydrogen-bond acceptors (Lipinski definition) is 5. The van der Waals surface area contributed by atoms with Crippen LogP contribution in [0.15, 0.2) is 107 Å². The summed E-state index contributed by atoms with van der Waals surface area (Å²) in [5, 5.41) is 0. The number of nitrogens with zero attached hydrogens (tertiary/aromatic N) is 1. The van der Waals surface area contributed by atoms with Crippen molar-refractivity contribution in [2.75, 3.05) is 11.5 Å². The summed E-state index contributed by atoms with van der Waals surface area (Å²) < 4.78 is 6.04. The summed E-state index contributed by atoms with van der Waals surface area (Å²) in [6.45, 7) is 2.29. The molecule has 3 atom stereocenters. The number of benzene rings is 3. The molecule has 0 spiro atoms. The first-order valence-electron chi connectivity index (χ1n) is 11.7. The van der Waals surface area contributed by atoms with Crippen LogP contribution in [-0.2, 0) is 14.3 Å². The molecule has 35 heavy (non-hydrogen) atoms. The fraction of sp³-hybridized carbons (Fsp3) is 0.207. The zero-order chi connectivity index (χ0) is 24.4. The van der Waals surface area contributed by atoms with Gasteiger partial charge >= 0.3 is 0 Å². The van der Waals surface area contributed by atoms with Gasteiger partial charge in [-0.15, -0.1) is 0 Å². The second kappa shape index (κ2) is 9.92. The van der Waals surface area contributed by atoms with Crippen LogP contribution in [0.5, 0.6) is 0 Å². The largest absolute Gasteiger partial charge is 0.497 e. The molecule has 2 aliphatic rings. The topological polar surface area (TPSA) is 63.7 Å². The Morgan fingerprint density at radius 2 is 1.49 bits per heavy atom. The second-order valence-electron chi connectivity index (χ2n) is 8.53. The summed E-state index contributed by atoms with van der Waals surface area (Å²) in [5.74, 6) is -2.42. The molecule has 3 aromatic carbocycles. The van der Waals surface area contributed by atoms with E-state index in [-0.39, 0.29) is 24.0 Å². The van der Waals surface area contributed by atoms with Crippen molar-refractivity contribution in [1.82, 2.24) is 0 Å². The fourth-order valence-corrected chi connectivity index (χ4v) is 6.09. The molecule has 1 heterocycles. The highest BCUT2D eigenvalue weighted by atomic mass is 32.2. The maximum absolute atomic E-state index is 13.9. The van der Waals surface area contributed by atoms with Crippen molar-refractivity contribution in [3.05, 3.63) is 107 Å². The van der Waals surface area contributed by atoms with Gasteiger partial charge in [-0.05, 0) is 31.2 Å². The fourth-order valence-electron chi connectivity index (χ4n) is 4.92. The Kier molecular flexibility index (Phi) is 6.55. The molecule has 0 radical (unpaired) electrons. The van der Waals surface area contributed by atoms with Crippen LogP contribution in [0.2, 0.25) is 0 Å². The van der Waals surface area contributed by atoms with E-state index < -0.39 is 17.8 Å². The van der Waals surface area contributed by atoms with E-state index in [4.69, 9.17) is 4.74 Å². The molecular formula is C29H25NO4S. The van der Waals surface area contributed by atoms with Crippen molar-refractivity contribution in [2.45, 2.75) is 18.2 Å². The van der Waals surface area contributed by atoms with E-state index in [9.17, 15) is 14.4 Å². The van der Waals surface area contributed by atoms with Crippen LogP contribution < -0.4 is 4.90 Å². The van der Waals surface area contributed by atoms with Crippen molar-refractivity contribution in [3.8, 4) is 0 Å². The zero-order valence-electron chi connectivity index (χ0n) is 19.3. The predicted octanol–water partition coefficient (Wildman–Crippen LogP) is 5.74. The lowest BCUT2D eigenvalue weighted by Crippen LogP contribution is -2.37. The summed E-state index contributed by atoms with van der Waals surface area (Å²) in [7, 11) is 0. The lowest BCUT2D eigenvalue weighted by molar-refractivity contribution is -0.122. The van der Waals surface area contributed by atoms with Gasteiger partial charge in [-0.1, -0.05) is 78.5 Å². The van der Waals surface area contributed by atoms with Gasteiger partial charge in [0.15, 0.2) is 5.78 Å². The number of anilines is 1. The Morgan fingerprint density at radius 1 is 0.886 bits per heavy atom. The van der Waals surface area contributed by atoms with E-state index in [1.54, 1.807) is 48.5 Å². The molecule has 0 saturated carbocycles. The number of ether oxygens (including phenoxy) is 1. The van der Waals surface area contributed by atoms with E-state index in [2.05, 4.69) is 0 Å². The Labute approximate surface area is 208 Å². The molecule has 0 bridgehead atoms. The molecule has 5 rings (SSSR count). The Balaban J connectivity index is 1.64. The number of ketones is 1. The van der Waals surface area contributed by atoms with Crippen LogP contribution in [0.1, 0.15) is 23.7 Å². The van der Waals surface area contributed by atoms with E-state index in [1.165, 1.54) is 16.7 Å². The van der Waals surface area contributed by atoms with Crippen LogP contribution in [0.3, 0.4) is 0 Å². The number of imide groups is 1. The van der Waals surface area contributed by atoms with Crippen LogP contribution in [0, 0.1) is 17.8 Å². The highest BCUT2D eigenvalue weighted by Crippen LogP contribution is 2.52. The first-order valence-corrected chi connectivity index (χ1v) is 12.5. The number of hydrogen-bond donors (Lipinski definition) is 0. The number of allylic oxidation sites excluding steroid dienone is 1. The Bertz CT molecular complexity index is 1270. The number of carbonyl (C=O) groups excluding carboxylic acids is 3. The van der Waals surface area contributed by atoms with Gasteiger partial charge in [-0.25, -0.2) is 4.90 Å². The number of fused-ring (bicyclic) bond motifs is 1. The molecule has 6 heteroatoms. The predicted molar refractivity (Wildman–Crippen MR) is 136 cm³/mol. The zero-order valence-corrected chi connectivity index (χ0v) is 20.1. The monoisotopic (exact) mass is 483 g/mol. The number of carbonyl (C=O) groups is 3. The maximum Gasteiger partial charge on any atom is 0.242 e. The first-order chi connectivity index (χ1) is 17.1. The van der Waals surface area contributed by atoms with Gasteiger partial charge in [-0.2, -0.15) is 0 Å². The summed E-state index contributed by atoms with van der Waals surface area (Å²) in [5.41, 5.74) is 1.05. The SMILES string of the molecule is CCOC1=C(Sc2ccccc2)[C@H]2C(=O)N(c3ccccc3)C(=O)[C@H]2[C@@H](C(=O)c2ccccc2)C1.